The lowest BCUT2D eigenvalue weighted by Gasteiger charge is -2.33. The molecule has 5 heterocycles. The summed E-state index contributed by atoms with van der Waals surface area (Å²) < 4.78 is 60.0. The van der Waals surface area contributed by atoms with Crippen LogP contribution in [0.1, 0.15) is 43.1 Å². The van der Waals surface area contributed by atoms with Gasteiger partial charge in [-0.05, 0) is 60.7 Å². The minimum Gasteiger partial charge on any atom is -0.496 e. The van der Waals surface area contributed by atoms with Gasteiger partial charge in [-0.25, -0.2) is 0 Å². The second-order valence-electron chi connectivity index (χ2n) is 12.1. The number of hydrogen-bond acceptors (Lipinski definition) is 12. The first-order valence-electron chi connectivity index (χ1n) is 15.6. The summed E-state index contributed by atoms with van der Waals surface area (Å²) in [4.78, 5) is 38.4. The van der Waals surface area contributed by atoms with Crippen LogP contribution >= 0.6 is 11.6 Å². The highest BCUT2D eigenvalue weighted by Gasteiger charge is 2.29. The molecule has 0 unspecified atom stereocenters. The van der Waals surface area contributed by atoms with E-state index in [0.717, 1.165) is 5.56 Å². The number of benzene rings is 2. The van der Waals surface area contributed by atoms with E-state index >= 15 is 0 Å². The summed E-state index contributed by atoms with van der Waals surface area (Å²) in [6.45, 7) is 6.74. The summed E-state index contributed by atoms with van der Waals surface area (Å²) in [6.07, 6.45) is -4.00. The molecule has 0 spiro atoms. The zero-order valence-electron chi connectivity index (χ0n) is 28.0. The summed E-state index contributed by atoms with van der Waals surface area (Å²) in [7, 11) is 1.51. The molecule has 0 atom stereocenters. The normalized spacial score (nSPS) is 16.4. The Labute approximate surface area is 292 Å². The summed E-state index contributed by atoms with van der Waals surface area (Å²) in [5.74, 6) is 0.866. The minimum absolute atomic E-state index is 0.0480. The van der Waals surface area contributed by atoms with Crippen LogP contribution < -0.4 is 25.4 Å². The number of alkyl halides is 3. The molecule has 4 aliphatic heterocycles. The van der Waals surface area contributed by atoms with Crippen LogP contribution in [0.5, 0.6) is 11.8 Å². The fourth-order valence-corrected chi connectivity index (χ4v) is 5.17. The number of carbonyl (C=O) groups excluding carboxylic acids is 2. The van der Waals surface area contributed by atoms with E-state index in [-0.39, 0.29) is 24.3 Å². The SMILES string of the molecule is CO/C(CN1CCCOc2ccc(cc2Cl)CNc2nc(nc(OCC(F)(F)F)n2)Nc2ccc(cc2)C(=O)NCC(C)(C)C1)=C(/C)OC=O. The molecule has 4 aliphatic rings. The molecule has 17 heteroatoms. The molecule has 7 rings (SSSR count). The van der Waals surface area contributed by atoms with Gasteiger partial charge < -0.3 is 34.9 Å². The highest BCUT2D eigenvalue weighted by molar-refractivity contribution is 6.32. The number of nitrogens with zero attached hydrogens (tertiary/aromatic N) is 4. The van der Waals surface area contributed by atoms with Gasteiger partial charge in [-0.3, -0.25) is 14.5 Å². The fraction of sp³-hybridized carbons (Fsp3) is 0.424. The Balaban J connectivity index is 1.61. The van der Waals surface area contributed by atoms with Crippen molar-refractivity contribution in [1.29, 1.82) is 0 Å². The van der Waals surface area contributed by atoms with Crippen LogP contribution in [0.25, 0.3) is 0 Å². The van der Waals surface area contributed by atoms with Gasteiger partial charge in [0, 0.05) is 37.4 Å². The lowest BCUT2D eigenvalue weighted by Crippen LogP contribution is -2.43. The van der Waals surface area contributed by atoms with E-state index in [0.29, 0.717) is 79.2 Å². The first-order chi connectivity index (χ1) is 23.7. The molecule has 0 saturated carbocycles. The topological polar surface area (TPSA) is 149 Å². The number of allylic oxidation sites excluding steroid dienone is 1. The number of halogens is 4. The highest BCUT2D eigenvalue weighted by Crippen LogP contribution is 2.27. The molecule has 2 aromatic carbocycles. The Kier molecular flexibility index (Phi) is 13.1. The molecular weight excluding hydrogens is 683 g/mol. The molecule has 3 N–H and O–H groups in total. The van der Waals surface area contributed by atoms with Crippen LogP contribution in [0.2, 0.25) is 5.02 Å². The third-order valence-electron chi connectivity index (χ3n) is 7.32. The quantitative estimate of drug-likeness (QED) is 0.203. The van der Waals surface area contributed by atoms with Crippen molar-refractivity contribution in [2.45, 2.75) is 39.9 Å². The van der Waals surface area contributed by atoms with Gasteiger partial charge in [0.25, 0.3) is 12.4 Å². The number of carbonyl (C=O) groups is 2. The van der Waals surface area contributed by atoms with E-state index in [4.69, 9.17) is 30.5 Å². The van der Waals surface area contributed by atoms with Gasteiger partial charge in [0.15, 0.2) is 6.61 Å². The van der Waals surface area contributed by atoms with Crippen LogP contribution in [0.15, 0.2) is 54.0 Å². The van der Waals surface area contributed by atoms with Crippen LogP contribution in [-0.2, 0) is 20.8 Å². The van der Waals surface area contributed by atoms with Crippen molar-refractivity contribution in [2.24, 2.45) is 5.41 Å². The van der Waals surface area contributed by atoms with E-state index in [2.05, 4.69) is 35.8 Å². The third kappa shape index (κ3) is 11.9. The average molecular weight is 722 g/mol. The fourth-order valence-electron chi connectivity index (χ4n) is 4.92. The molecule has 3 aromatic rings. The van der Waals surface area contributed by atoms with Gasteiger partial charge >= 0.3 is 12.2 Å². The van der Waals surface area contributed by atoms with Crippen LogP contribution in [-0.4, -0.2) is 84.9 Å². The van der Waals surface area contributed by atoms with Crippen LogP contribution in [0, 0.1) is 5.41 Å². The smallest absolute Gasteiger partial charge is 0.422 e. The van der Waals surface area contributed by atoms with E-state index in [9.17, 15) is 22.8 Å². The number of methoxy groups -OCH3 is 1. The maximum atomic E-state index is 13.1. The van der Waals surface area contributed by atoms with Crippen molar-refractivity contribution in [3.8, 4) is 11.8 Å². The molecule has 1 amide bonds. The van der Waals surface area contributed by atoms with Crippen molar-refractivity contribution >= 4 is 41.6 Å². The van der Waals surface area contributed by atoms with Gasteiger partial charge in [-0.1, -0.05) is 31.5 Å². The standard InChI is InChI=1S/C33H39ClF3N7O6/c1-21(50-20-45)27(47-4)16-44-12-5-13-48-26-11-6-22(14-25(26)34)15-38-29-41-30(43-31(42-29)49-19-33(35,36)37)40-24-9-7-23(8-10-24)28(46)39-17-32(2,3)18-44/h6-11,14,20H,5,12-13,15-19H2,1-4H3,(H,39,46)(H2,38,40,41,42,43)/b27-21-. The number of rotatable bonds is 7. The number of ether oxygens (including phenoxy) is 4. The summed E-state index contributed by atoms with van der Waals surface area (Å²) in [6, 6.07) is 11.1. The number of hydrogen-bond donors (Lipinski definition) is 3. The van der Waals surface area contributed by atoms with Crippen molar-refractivity contribution in [3.63, 3.8) is 0 Å². The van der Waals surface area contributed by atoms with Gasteiger partial charge in [0.1, 0.15) is 17.3 Å². The molecule has 0 radical (unpaired) electrons. The summed E-state index contributed by atoms with van der Waals surface area (Å²) >= 11 is 6.53. The predicted octanol–water partition coefficient (Wildman–Crippen LogP) is 5.71. The van der Waals surface area contributed by atoms with Crippen molar-refractivity contribution in [1.82, 2.24) is 25.2 Å². The van der Waals surface area contributed by atoms with Crippen LogP contribution in [0.3, 0.4) is 0 Å². The monoisotopic (exact) mass is 721 g/mol. The summed E-state index contributed by atoms with van der Waals surface area (Å²) in [5, 5.41) is 9.22. The van der Waals surface area contributed by atoms with Crippen molar-refractivity contribution in [2.75, 3.05) is 57.1 Å². The van der Waals surface area contributed by atoms with E-state index in [1.807, 2.05) is 13.8 Å². The lowest BCUT2D eigenvalue weighted by molar-refractivity contribution is -0.154. The molecular formula is C33H39ClF3N7O6. The third-order valence-corrected chi connectivity index (χ3v) is 7.61. The maximum absolute atomic E-state index is 13.1. The van der Waals surface area contributed by atoms with E-state index in [1.165, 1.54) is 7.11 Å². The Morgan fingerprint density at radius 3 is 2.52 bits per heavy atom. The number of aromatic nitrogens is 3. The number of amides is 1. The van der Waals surface area contributed by atoms with E-state index < -0.39 is 24.2 Å². The van der Waals surface area contributed by atoms with Crippen LogP contribution in [0.4, 0.5) is 30.8 Å². The van der Waals surface area contributed by atoms with Gasteiger partial charge in [0.05, 0.1) is 25.3 Å². The summed E-state index contributed by atoms with van der Waals surface area (Å²) in [5.41, 5.74) is 1.17. The Bertz CT molecular complexity index is 1660. The number of anilines is 3. The van der Waals surface area contributed by atoms with E-state index in [1.54, 1.807) is 49.4 Å². The minimum atomic E-state index is -4.60. The second kappa shape index (κ2) is 17.2. The molecule has 13 nitrogen and oxygen atoms in total. The Morgan fingerprint density at radius 2 is 1.84 bits per heavy atom. The Hall–Kier alpha value is -4.83. The van der Waals surface area contributed by atoms with Gasteiger partial charge in [-0.2, -0.15) is 28.1 Å². The number of nitrogens with one attached hydrogen (secondary N) is 3. The average Bonchev–Trinajstić information content (AvgIpc) is 3.06. The zero-order valence-corrected chi connectivity index (χ0v) is 28.8. The first kappa shape index (κ1) is 38.0. The molecule has 6 bridgehead atoms. The largest absolute Gasteiger partial charge is 0.496 e. The maximum Gasteiger partial charge on any atom is 0.422 e. The molecule has 0 aliphatic carbocycles. The second-order valence-corrected chi connectivity index (χ2v) is 12.6. The molecule has 1 aromatic heterocycles. The predicted molar refractivity (Wildman–Crippen MR) is 179 cm³/mol. The lowest BCUT2D eigenvalue weighted by atomic mass is 9.92. The molecule has 50 heavy (non-hydrogen) atoms. The van der Waals surface area contributed by atoms with Gasteiger partial charge in [-0.15, -0.1) is 0 Å². The Morgan fingerprint density at radius 1 is 1.10 bits per heavy atom. The molecule has 0 fully saturated rings. The van der Waals surface area contributed by atoms with Crippen molar-refractivity contribution < 1.29 is 41.7 Å². The van der Waals surface area contributed by atoms with Crippen molar-refractivity contribution in [3.05, 3.63) is 70.1 Å². The highest BCUT2D eigenvalue weighted by atomic mass is 35.5. The molecule has 270 valence electrons. The molecule has 0 saturated heterocycles. The zero-order chi connectivity index (χ0) is 36.3. The van der Waals surface area contributed by atoms with Gasteiger partial charge in [0.2, 0.25) is 11.9 Å². The first-order valence-corrected chi connectivity index (χ1v) is 15.9.